The van der Waals surface area contributed by atoms with Gasteiger partial charge in [-0.2, -0.15) is 0 Å². The fourth-order valence-corrected chi connectivity index (χ4v) is 3.07. The monoisotopic (exact) mass is 393 g/mol. The number of nitrogens with one attached hydrogen (secondary N) is 2. The van der Waals surface area contributed by atoms with Crippen molar-refractivity contribution in [2.45, 2.75) is 26.0 Å². The number of likely N-dealkylation sites (N-methyl/N-ethyl adjacent to an activating group) is 1. The minimum Gasteiger partial charge on any atom is -0.491 e. The van der Waals surface area contributed by atoms with Crippen LogP contribution in [0.3, 0.4) is 0 Å². The number of carbonyl (C=O) groups is 2. The number of nitrogens with zero attached hydrogens (tertiary/aromatic N) is 1. The largest absolute Gasteiger partial charge is 0.491 e. The first kappa shape index (κ1) is 22.1. The number of hydrogen-bond donors (Lipinski definition) is 2. The highest BCUT2D eigenvalue weighted by Gasteiger charge is 2.25. The second-order valence-electron chi connectivity index (χ2n) is 7.25. The zero-order valence-corrected chi connectivity index (χ0v) is 17.3. The molecule has 1 aromatic rings. The van der Waals surface area contributed by atoms with E-state index in [4.69, 9.17) is 14.2 Å². The first-order chi connectivity index (χ1) is 13.3. The molecule has 1 aliphatic heterocycles. The van der Waals surface area contributed by atoms with E-state index in [-0.39, 0.29) is 36.5 Å². The summed E-state index contributed by atoms with van der Waals surface area (Å²) in [5.74, 6) is 0.232. The number of carbonyl (C=O) groups excluding carboxylic acids is 2. The van der Waals surface area contributed by atoms with Crippen LogP contribution < -0.4 is 15.4 Å². The van der Waals surface area contributed by atoms with Crippen molar-refractivity contribution in [2.75, 3.05) is 52.9 Å². The maximum absolute atomic E-state index is 13.1. The Hall–Kier alpha value is -2.16. The van der Waals surface area contributed by atoms with Crippen LogP contribution in [0.25, 0.3) is 0 Å². The molecule has 0 bridgehead atoms. The molecule has 0 aromatic heterocycles. The molecule has 8 heteroatoms. The standard InChI is InChI=1S/C20H31N3O5/c1-13-9-21-14(2)11-28-17-7-6-15(22-19(24)12-26-4)8-16(17)20(25)23(3)10-18(13)27-5/h6-8,13-14,18,21H,9-12H2,1-5H3,(H,22,24)/t13-,14+,18+/m0/s1. The highest BCUT2D eigenvalue weighted by Crippen LogP contribution is 2.25. The maximum atomic E-state index is 13.1. The second kappa shape index (κ2) is 10.4. The lowest BCUT2D eigenvalue weighted by atomic mass is 10.0. The van der Waals surface area contributed by atoms with E-state index in [9.17, 15) is 9.59 Å². The van der Waals surface area contributed by atoms with Crippen LogP contribution in [0.15, 0.2) is 18.2 Å². The highest BCUT2D eigenvalue weighted by molar-refractivity contribution is 5.99. The summed E-state index contributed by atoms with van der Waals surface area (Å²) < 4.78 is 16.4. The van der Waals surface area contributed by atoms with Gasteiger partial charge in [-0.05, 0) is 31.0 Å². The Kier molecular flexibility index (Phi) is 8.22. The molecule has 28 heavy (non-hydrogen) atoms. The van der Waals surface area contributed by atoms with Crippen molar-refractivity contribution < 1.29 is 23.8 Å². The number of ether oxygens (including phenoxy) is 3. The zero-order valence-electron chi connectivity index (χ0n) is 17.3. The van der Waals surface area contributed by atoms with E-state index in [1.54, 1.807) is 37.3 Å². The number of amides is 2. The van der Waals surface area contributed by atoms with E-state index in [0.717, 1.165) is 6.54 Å². The molecule has 0 aliphatic carbocycles. The Morgan fingerprint density at radius 3 is 2.79 bits per heavy atom. The van der Waals surface area contributed by atoms with Gasteiger partial charge in [-0.3, -0.25) is 9.59 Å². The van der Waals surface area contributed by atoms with E-state index in [1.165, 1.54) is 7.11 Å². The zero-order chi connectivity index (χ0) is 20.7. The SMILES string of the molecule is COCC(=O)Nc1ccc2c(c1)C(=O)N(C)C[C@@H](OC)[C@@H](C)CN[C@H](C)CO2. The lowest BCUT2D eigenvalue weighted by Gasteiger charge is -2.30. The molecule has 2 N–H and O–H groups in total. The van der Waals surface area contributed by atoms with Crippen molar-refractivity contribution >= 4 is 17.5 Å². The van der Waals surface area contributed by atoms with E-state index in [0.29, 0.717) is 30.2 Å². The summed E-state index contributed by atoms with van der Waals surface area (Å²) in [5.41, 5.74) is 0.911. The average molecular weight is 393 g/mol. The van der Waals surface area contributed by atoms with Crippen LogP contribution in [0, 0.1) is 5.92 Å². The van der Waals surface area contributed by atoms with Gasteiger partial charge in [0.2, 0.25) is 5.91 Å². The van der Waals surface area contributed by atoms with Gasteiger partial charge in [0.25, 0.3) is 5.91 Å². The van der Waals surface area contributed by atoms with Gasteiger partial charge >= 0.3 is 0 Å². The van der Waals surface area contributed by atoms with Gasteiger partial charge in [0, 0.05) is 46.1 Å². The summed E-state index contributed by atoms with van der Waals surface area (Å²) in [6.07, 6.45) is -0.0953. The molecule has 0 radical (unpaired) electrons. The quantitative estimate of drug-likeness (QED) is 0.803. The number of methoxy groups -OCH3 is 2. The molecule has 2 rings (SSSR count). The van der Waals surface area contributed by atoms with Crippen molar-refractivity contribution in [1.82, 2.24) is 10.2 Å². The van der Waals surface area contributed by atoms with Crippen molar-refractivity contribution in [1.29, 1.82) is 0 Å². The average Bonchev–Trinajstić information content (AvgIpc) is 2.67. The minimum atomic E-state index is -0.289. The highest BCUT2D eigenvalue weighted by atomic mass is 16.5. The molecule has 1 heterocycles. The summed E-state index contributed by atoms with van der Waals surface area (Å²) in [5, 5.41) is 6.17. The van der Waals surface area contributed by atoms with Gasteiger partial charge in [0.1, 0.15) is 19.0 Å². The maximum Gasteiger partial charge on any atom is 0.257 e. The van der Waals surface area contributed by atoms with Crippen molar-refractivity contribution in [2.24, 2.45) is 5.92 Å². The van der Waals surface area contributed by atoms with Crippen LogP contribution in [-0.2, 0) is 14.3 Å². The Labute approximate surface area is 166 Å². The topological polar surface area (TPSA) is 89.1 Å². The molecule has 0 spiro atoms. The minimum absolute atomic E-state index is 0.0575. The van der Waals surface area contributed by atoms with Gasteiger partial charge in [-0.1, -0.05) is 6.92 Å². The lowest BCUT2D eigenvalue weighted by Crippen LogP contribution is -2.44. The molecule has 1 aliphatic rings. The van der Waals surface area contributed by atoms with Crippen LogP contribution in [0.5, 0.6) is 5.75 Å². The van der Waals surface area contributed by atoms with Crippen LogP contribution in [0.2, 0.25) is 0 Å². The number of benzene rings is 1. The molecule has 1 aromatic carbocycles. The molecular formula is C20H31N3O5. The molecule has 0 unspecified atom stereocenters. The molecular weight excluding hydrogens is 362 g/mol. The van der Waals surface area contributed by atoms with Gasteiger partial charge in [-0.15, -0.1) is 0 Å². The van der Waals surface area contributed by atoms with Crippen molar-refractivity contribution in [3.05, 3.63) is 23.8 Å². The molecule has 2 amide bonds. The van der Waals surface area contributed by atoms with Crippen LogP contribution in [0.1, 0.15) is 24.2 Å². The third-order valence-corrected chi connectivity index (χ3v) is 4.78. The fourth-order valence-electron chi connectivity index (χ4n) is 3.07. The lowest BCUT2D eigenvalue weighted by molar-refractivity contribution is -0.119. The third-order valence-electron chi connectivity index (χ3n) is 4.78. The smallest absolute Gasteiger partial charge is 0.257 e. The van der Waals surface area contributed by atoms with Crippen LogP contribution >= 0.6 is 0 Å². The molecule has 0 saturated heterocycles. The van der Waals surface area contributed by atoms with Crippen LogP contribution in [0.4, 0.5) is 5.69 Å². The summed E-state index contributed by atoms with van der Waals surface area (Å²) in [6, 6.07) is 5.17. The normalized spacial score (nSPS) is 23.8. The molecule has 3 atom stereocenters. The summed E-state index contributed by atoms with van der Waals surface area (Å²) in [7, 11) is 4.85. The molecule has 0 fully saturated rings. The number of anilines is 1. The molecule has 0 saturated carbocycles. The Balaban J connectivity index is 2.33. The number of fused-ring (bicyclic) bond motifs is 1. The predicted octanol–water partition coefficient (Wildman–Crippen LogP) is 1.37. The number of rotatable bonds is 4. The van der Waals surface area contributed by atoms with E-state index >= 15 is 0 Å². The third kappa shape index (κ3) is 5.92. The van der Waals surface area contributed by atoms with E-state index < -0.39 is 0 Å². The van der Waals surface area contributed by atoms with Gasteiger partial charge < -0.3 is 29.7 Å². The van der Waals surface area contributed by atoms with Crippen molar-refractivity contribution in [3.8, 4) is 5.75 Å². The Bertz CT molecular complexity index is 682. The molecule has 156 valence electrons. The first-order valence-electron chi connectivity index (χ1n) is 9.43. The second-order valence-corrected chi connectivity index (χ2v) is 7.25. The Morgan fingerprint density at radius 2 is 2.11 bits per heavy atom. The van der Waals surface area contributed by atoms with Gasteiger partial charge in [-0.25, -0.2) is 0 Å². The number of hydrogen-bond acceptors (Lipinski definition) is 6. The van der Waals surface area contributed by atoms with E-state index in [1.807, 2.05) is 6.92 Å². The Morgan fingerprint density at radius 1 is 1.36 bits per heavy atom. The van der Waals surface area contributed by atoms with E-state index in [2.05, 4.69) is 17.6 Å². The van der Waals surface area contributed by atoms with Gasteiger partial charge in [0.15, 0.2) is 0 Å². The summed E-state index contributed by atoms with van der Waals surface area (Å²) >= 11 is 0. The fraction of sp³-hybridized carbons (Fsp3) is 0.600. The summed E-state index contributed by atoms with van der Waals surface area (Å²) in [6.45, 7) is 5.71. The predicted molar refractivity (Wildman–Crippen MR) is 107 cm³/mol. The first-order valence-corrected chi connectivity index (χ1v) is 9.43. The molecule has 8 nitrogen and oxygen atoms in total. The summed E-state index contributed by atoms with van der Waals surface area (Å²) in [4.78, 5) is 26.5. The van der Waals surface area contributed by atoms with Crippen molar-refractivity contribution in [3.63, 3.8) is 0 Å². The van der Waals surface area contributed by atoms with Crippen LogP contribution in [-0.4, -0.2) is 76.4 Å². The van der Waals surface area contributed by atoms with Gasteiger partial charge in [0.05, 0.1) is 11.7 Å².